The normalized spacial score (nSPS) is 17.2. The van der Waals surface area contributed by atoms with Crippen molar-refractivity contribution in [3.05, 3.63) is 11.6 Å². The van der Waals surface area contributed by atoms with Gasteiger partial charge in [-0.15, -0.1) is 0 Å². The van der Waals surface area contributed by atoms with Crippen LogP contribution in [-0.4, -0.2) is 25.3 Å². The summed E-state index contributed by atoms with van der Waals surface area (Å²) in [7, 11) is 1.79. The Bertz CT molecular complexity index is 380. The van der Waals surface area contributed by atoms with Crippen LogP contribution >= 0.6 is 0 Å². The van der Waals surface area contributed by atoms with E-state index in [1.807, 2.05) is 6.92 Å². The van der Waals surface area contributed by atoms with Crippen molar-refractivity contribution < 1.29 is 14.3 Å². The number of hydrogen-bond donors (Lipinski definition) is 0. The number of ether oxygens (including phenoxy) is 2. The summed E-state index contributed by atoms with van der Waals surface area (Å²) in [6.45, 7) is 9.26. The van der Waals surface area contributed by atoms with Crippen LogP contribution in [0, 0.1) is 11.8 Å². The Labute approximate surface area is 142 Å². The molecule has 0 aromatic heterocycles. The Kier molecular flexibility index (Phi) is 8.90. The van der Waals surface area contributed by atoms with Gasteiger partial charge in [0.05, 0.1) is 12.2 Å². The minimum absolute atomic E-state index is 0.000125. The van der Waals surface area contributed by atoms with E-state index in [1.165, 1.54) is 32.1 Å². The summed E-state index contributed by atoms with van der Waals surface area (Å²) in [5.41, 5.74) is 1.14. The first-order valence-corrected chi connectivity index (χ1v) is 9.21. The lowest BCUT2D eigenvalue weighted by molar-refractivity contribution is -0.138. The Morgan fingerprint density at radius 3 is 2.52 bits per heavy atom. The molecule has 0 heterocycles. The van der Waals surface area contributed by atoms with Crippen LogP contribution in [0.1, 0.15) is 79.1 Å². The van der Waals surface area contributed by atoms with Crippen LogP contribution in [-0.2, 0) is 14.3 Å². The molecule has 0 aromatic carbocycles. The van der Waals surface area contributed by atoms with Crippen LogP contribution in [0.2, 0.25) is 0 Å². The zero-order chi connectivity index (χ0) is 17.3. The van der Waals surface area contributed by atoms with Crippen molar-refractivity contribution >= 4 is 5.97 Å². The highest BCUT2D eigenvalue weighted by Gasteiger charge is 2.22. The SMILES string of the molecule is COC(C)(C)CCCC(C)CCCC(C)=CC(=O)OCC1CC1. The third-order valence-corrected chi connectivity index (χ3v) is 4.82. The summed E-state index contributed by atoms with van der Waals surface area (Å²) in [6.07, 6.45) is 11.0. The van der Waals surface area contributed by atoms with E-state index in [1.54, 1.807) is 13.2 Å². The molecule has 0 saturated heterocycles. The van der Waals surface area contributed by atoms with Gasteiger partial charge in [-0.05, 0) is 64.7 Å². The van der Waals surface area contributed by atoms with Gasteiger partial charge in [-0.2, -0.15) is 0 Å². The summed E-state index contributed by atoms with van der Waals surface area (Å²) in [6, 6.07) is 0. The maximum atomic E-state index is 11.6. The average Bonchev–Trinajstić information content (AvgIpc) is 3.29. The van der Waals surface area contributed by atoms with Crippen LogP contribution in [0.25, 0.3) is 0 Å². The molecule has 134 valence electrons. The monoisotopic (exact) mass is 324 g/mol. The van der Waals surface area contributed by atoms with Crippen molar-refractivity contribution in [3.63, 3.8) is 0 Å². The van der Waals surface area contributed by atoms with E-state index in [9.17, 15) is 4.79 Å². The Morgan fingerprint density at radius 2 is 1.91 bits per heavy atom. The molecular formula is C20H36O3. The van der Waals surface area contributed by atoms with Gasteiger partial charge < -0.3 is 9.47 Å². The highest BCUT2D eigenvalue weighted by atomic mass is 16.5. The number of hydrogen-bond acceptors (Lipinski definition) is 3. The molecule has 0 aliphatic heterocycles. The van der Waals surface area contributed by atoms with Gasteiger partial charge >= 0.3 is 5.97 Å². The Morgan fingerprint density at radius 1 is 1.26 bits per heavy atom. The van der Waals surface area contributed by atoms with E-state index >= 15 is 0 Å². The van der Waals surface area contributed by atoms with E-state index in [4.69, 9.17) is 9.47 Å². The third-order valence-electron chi connectivity index (χ3n) is 4.82. The number of esters is 1. The van der Waals surface area contributed by atoms with E-state index < -0.39 is 0 Å². The molecule has 0 aromatic rings. The zero-order valence-corrected chi connectivity index (χ0v) is 15.8. The first-order chi connectivity index (χ1) is 10.8. The zero-order valence-electron chi connectivity index (χ0n) is 15.8. The molecule has 1 fully saturated rings. The van der Waals surface area contributed by atoms with Crippen LogP contribution in [0.3, 0.4) is 0 Å². The first-order valence-electron chi connectivity index (χ1n) is 9.21. The minimum atomic E-state index is -0.163. The fraction of sp³-hybridized carbons (Fsp3) is 0.850. The fourth-order valence-electron chi connectivity index (χ4n) is 2.65. The van der Waals surface area contributed by atoms with Crippen molar-refractivity contribution in [1.29, 1.82) is 0 Å². The van der Waals surface area contributed by atoms with Gasteiger partial charge in [-0.3, -0.25) is 0 Å². The van der Waals surface area contributed by atoms with Crippen molar-refractivity contribution in [1.82, 2.24) is 0 Å². The maximum absolute atomic E-state index is 11.6. The summed E-state index contributed by atoms with van der Waals surface area (Å²) in [5.74, 6) is 1.21. The van der Waals surface area contributed by atoms with Gasteiger partial charge in [0.1, 0.15) is 0 Å². The predicted molar refractivity (Wildman–Crippen MR) is 95.4 cm³/mol. The second-order valence-corrected chi connectivity index (χ2v) is 7.92. The number of carbonyl (C=O) groups excluding carboxylic acids is 1. The Balaban J connectivity index is 2.08. The van der Waals surface area contributed by atoms with Gasteiger partial charge in [0, 0.05) is 13.2 Å². The van der Waals surface area contributed by atoms with Crippen LogP contribution in [0.4, 0.5) is 0 Å². The molecule has 0 bridgehead atoms. The quantitative estimate of drug-likeness (QED) is 0.361. The second-order valence-electron chi connectivity index (χ2n) is 7.92. The van der Waals surface area contributed by atoms with Gasteiger partial charge in [0.2, 0.25) is 0 Å². The van der Waals surface area contributed by atoms with Crippen molar-refractivity contribution in [2.24, 2.45) is 11.8 Å². The van der Waals surface area contributed by atoms with Crippen molar-refractivity contribution in [3.8, 4) is 0 Å². The predicted octanol–water partition coefficient (Wildman–Crippen LogP) is 5.29. The molecule has 1 aliphatic carbocycles. The minimum Gasteiger partial charge on any atom is -0.462 e. The molecule has 3 nitrogen and oxygen atoms in total. The number of carbonyl (C=O) groups is 1. The van der Waals surface area contributed by atoms with E-state index in [-0.39, 0.29) is 11.6 Å². The molecule has 1 atom stereocenters. The molecule has 23 heavy (non-hydrogen) atoms. The van der Waals surface area contributed by atoms with Crippen LogP contribution in [0.15, 0.2) is 11.6 Å². The first kappa shape index (κ1) is 20.2. The number of allylic oxidation sites excluding steroid dienone is 1. The molecule has 0 radical (unpaired) electrons. The summed E-state index contributed by atoms with van der Waals surface area (Å²) >= 11 is 0. The second kappa shape index (κ2) is 10.1. The average molecular weight is 325 g/mol. The molecule has 1 saturated carbocycles. The van der Waals surface area contributed by atoms with Gasteiger partial charge in [-0.25, -0.2) is 4.79 Å². The number of methoxy groups -OCH3 is 1. The van der Waals surface area contributed by atoms with Crippen molar-refractivity contribution in [2.45, 2.75) is 84.7 Å². The molecule has 0 N–H and O–H groups in total. The largest absolute Gasteiger partial charge is 0.462 e. The molecular weight excluding hydrogens is 288 g/mol. The molecule has 1 rings (SSSR count). The van der Waals surface area contributed by atoms with Crippen molar-refractivity contribution in [2.75, 3.05) is 13.7 Å². The van der Waals surface area contributed by atoms with Crippen LogP contribution < -0.4 is 0 Å². The Hall–Kier alpha value is -0.830. The standard InChI is InChI=1S/C20H36O3/c1-16(10-7-13-20(3,4)22-5)8-6-9-17(2)14-19(21)23-15-18-11-12-18/h14,16,18H,6-13,15H2,1-5H3. The van der Waals surface area contributed by atoms with E-state index in [0.717, 1.165) is 30.8 Å². The number of rotatable bonds is 12. The summed E-state index contributed by atoms with van der Waals surface area (Å²) in [5, 5.41) is 0. The molecule has 1 unspecified atom stereocenters. The lowest BCUT2D eigenvalue weighted by atomic mass is 9.93. The summed E-state index contributed by atoms with van der Waals surface area (Å²) in [4.78, 5) is 11.6. The topological polar surface area (TPSA) is 35.5 Å². The molecule has 0 spiro atoms. The smallest absolute Gasteiger partial charge is 0.330 e. The van der Waals surface area contributed by atoms with Crippen LogP contribution in [0.5, 0.6) is 0 Å². The summed E-state index contributed by atoms with van der Waals surface area (Å²) < 4.78 is 10.7. The molecule has 1 aliphatic rings. The highest BCUT2D eigenvalue weighted by Crippen LogP contribution is 2.28. The van der Waals surface area contributed by atoms with Gasteiger partial charge in [0.15, 0.2) is 0 Å². The highest BCUT2D eigenvalue weighted by molar-refractivity contribution is 5.82. The van der Waals surface area contributed by atoms with E-state index in [0.29, 0.717) is 12.5 Å². The van der Waals surface area contributed by atoms with Gasteiger partial charge in [-0.1, -0.05) is 31.8 Å². The fourth-order valence-corrected chi connectivity index (χ4v) is 2.65. The lowest BCUT2D eigenvalue weighted by Crippen LogP contribution is -2.22. The lowest BCUT2D eigenvalue weighted by Gasteiger charge is -2.23. The van der Waals surface area contributed by atoms with Gasteiger partial charge in [0.25, 0.3) is 0 Å². The maximum Gasteiger partial charge on any atom is 0.330 e. The van der Waals surface area contributed by atoms with E-state index in [2.05, 4.69) is 20.8 Å². The molecule has 0 amide bonds. The third kappa shape index (κ3) is 10.5. The molecule has 3 heteroatoms.